The van der Waals surface area contributed by atoms with Crippen LogP contribution in [0.1, 0.15) is 42.7 Å². The molecule has 0 radical (unpaired) electrons. The summed E-state index contributed by atoms with van der Waals surface area (Å²) in [5.41, 5.74) is 5.84. The monoisotopic (exact) mass is 417 g/mol. The second-order valence-electron chi connectivity index (χ2n) is 8.42. The van der Waals surface area contributed by atoms with Crippen molar-refractivity contribution in [3.8, 4) is 0 Å². The summed E-state index contributed by atoms with van der Waals surface area (Å²) >= 11 is 6.18. The topological polar surface area (TPSA) is 118 Å². The molecule has 0 aromatic carbocycles. The normalized spacial score (nSPS) is 23.1. The average molecular weight is 418 g/mol. The zero-order valence-electron chi connectivity index (χ0n) is 16.8. The molecule has 1 fully saturated rings. The zero-order valence-corrected chi connectivity index (χ0v) is 17.6. The van der Waals surface area contributed by atoms with E-state index in [1.54, 1.807) is 10.6 Å². The third-order valence-electron chi connectivity index (χ3n) is 6.07. The summed E-state index contributed by atoms with van der Waals surface area (Å²) in [6, 6.07) is 1.64. The van der Waals surface area contributed by atoms with Crippen molar-refractivity contribution < 1.29 is 4.79 Å². The molecule has 4 N–H and O–H groups in total. The van der Waals surface area contributed by atoms with E-state index in [1.807, 2.05) is 6.92 Å². The number of likely N-dealkylation sites (tertiary alicyclic amines) is 1. The lowest BCUT2D eigenvalue weighted by Gasteiger charge is -2.49. The number of anilines is 3. The SMILES string of the molecule is Cc1cc(Nc2ncnc(N)c2Cl)c(=O)n2c1C(=O)NC21CCN(C)C(C)(C)C1. The first kappa shape index (κ1) is 19.7. The average Bonchev–Trinajstić information content (AvgIpc) is 2.92. The molecule has 2 aromatic rings. The van der Waals surface area contributed by atoms with Crippen molar-refractivity contribution in [3.05, 3.63) is 39.0 Å². The van der Waals surface area contributed by atoms with Gasteiger partial charge in [0.15, 0.2) is 5.82 Å². The molecule has 10 heteroatoms. The Morgan fingerprint density at radius 3 is 2.72 bits per heavy atom. The van der Waals surface area contributed by atoms with Gasteiger partial charge in [-0.2, -0.15) is 0 Å². The van der Waals surface area contributed by atoms with Gasteiger partial charge in [0.05, 0.1) is 0 Å². The summed E-state index contributed by atoms with van der Waals surface area (Å²) in [6.07, 6.45) is 2.52. The molecule has 0 saturated carbocycles. The van der Waals surface area contributed by atoms with Crippen LogP contribution >= 0.6 is 11.6 Å². The number of nitrogens with zero attached hydrogens (tertiary/aromatic N) is 4. The zero-order chi connectivity index (χ0) is 21.1. The Bertz CT molecular complexity index is 1080. The van der Waals surface area contributed by atoms with E-state index in [1.165, 1.54) is 6.33 Å². The Balaban J connectivity index is 1.86. The highest BCUT2D eigenvalue weighted by molar-refractivity contribution is 6.35. The lowest BCUT2D eigenvalue weighted by molar-refractivity contribution is 0.0113. The molecule has 1 saturated heterocycles. The highest BCUT2D eigenvalue weighted by atomic mass is 35.5. The number of hydrogen-bond donors (Lipinski definition) is 3. The Kier molecular flexibility index (Phi) is 4.36. The number of piperidine rings is 1. The van der Waals surface area contributed by atoms with E-state index in [9.17, 15) is 9.59 Å². The molecule has 2 aliphatic rings. The van der Waals surface area contributed by atoms with Crippen LogP contribution in [-0.4, -0.2) is 44.5 Å². The number of rotatable bonds is 2. The van der Waals surface area contributed by atoms with Crippen molar-refractivity contribution in [2.45, 2.75) is 44.8 Å². The van der Waals surface area contributed by atoms with E-state index < -0.39 is 5.66 Å². The number of nitrogens with one attached hydrogen (secondary N) is 2. The van der Waals surface area contributed by atoms with Crippen molar-refractivity contribution in [3.63, 3.8) is 0 Å². The van der Waals surface area contributed by atoms with Crippen LogP contribution in [0.15, 0.2) is 17.2 Å². The van der Waals surface area contributed by atoms with Gasteiger partial charge >= 0.3 is 0 Å². The fourth-order valence-corrected chi connectivity index (χ4v) is 4.48. The van der Waals surface area contributed by atoms with Crippen LogP contribution in [0.25, 0.3) is 0 Å². The molecule has 154 valence electrons. The van der Waals surface area contributed by atoms with E-state index in [0.29, 0.717) is 24.1 Å². The van der Waals surface area contributed by atoms with Crippen LogP contribution in [0.2, 0.25) is 5.02 Å². The van der Waals surface area contributed by atoms with Gasteiger partial charge < -0.3 is 21.3 Å². The molecule has 2 aliphatic heterocycles. The lowest BCUT2D eigenvalue weighted by Crippen LogP contribution is -2.60. The number of aryl methyl sites for hydroxylation is 1. The first-order valence-corrected chi connectivity index (χ1v) is 9.77. The minimum absolute atomic E-state index is 0.118. The molecule has 29 heavy (non-hydrogen) atoms. The molecule has 2 aromatic heterocycles. The lowest BCUT2D eigenvalue weighted by atomic mass is 9.82. The van der Waals surface area contributed by atoms with E-state index in [4.69, 9.17) is 17.3 Å². The van der Waals surface area contributed by atoms with Crippen molar-refractivity contribution in [1.82, 2.24) is 24.8 Å². The Morgan fingerprint density at radius 1 is 1.31 bits per heavy atom. The molecule has 4 rings (SSSR count). The maximum absolute atomic E-state index is 13.5. The van der Waals surface area contributed by atoms with Crippen molar-refractivity contribution >= 4 is 34.8 Å². The number of carbonyl (C=O) groups is 1. The number of nitrogen functional groups attached to an aromatic ring is 1. The van der Waals surface area contributed by atoms with Gasteiger partial charge in [-0.3, -0.25) is 14.2 Å². The Morgan fingerprint density at radius 2 is 2.03 bits per heavy atom. The Labute approximate surface area is 173 Å². The largest absolute Gasteiger partial charge is 0.382 e. The van der Waals surface area contributed by atoms with Gasteiger partial charge in [0, 0.05) is 24.9 Å². The molecule has 1 atom stereocenters. The van der Waals surface area contributed by atoms with Gasteiger partial charge in [0.1, 0.15) is 34.2 Å². The number of nitrogens with two attached hydrogens (primary N) is 1. The van der Waals surface area contributed by atoms with E-state index in [2.05, 4.69) is 46.4 Å². The molecule has 0 aliphatic carbocycles. The predicted octanol–water partition coefficient (Wildman–Crippen LogP) is 1.83. The van der Waals surface area contributed by atoms with Crippen molar-refractivity contribution in [2.24, 2.45) is 0 Å². The fraction of sp³-hybridized carbons (Fsp3) is 0.474. The van der Waals surface area contributed by atoms with E-state index in [0.717, 1.165) is 6.54 Å². The first-order valence-electron chi connectivity index (χ1n) is 9.40. The third-order valence-corrected chi connectivity index (χ3v) is 6.44. The van der Waals surface area contributed by atoms with Gasteiger partial charge in [-0.25, -0.2) is 9.97 Å². The molecule has 0 bridgehead atoms. The number of halogens is 1. The maximum Gasteiger partial charge on any atom is 0.276 e. The Hall–Kier alpha value is -2.65. The molecule has 1 spiro atoms. The number of hydrogen-bond acceptors (Lipinski definition) is 7. The van der Waals surface area contributed by atoms with Crippen LogP contribution in [0.5, 0.6) is 0 Å². The molecule has 1 unspecified atom stereocenters. The smallest absolute Gasteiger partial charge is 0.276 e. The predicted molar refractivity (Wildman–Crippen MR) is 112 cm³/mol. The van der Waals surface area contributed by atoms with Crippen LogP contribution in [-0.2, 0) is 5.66 Å². The second-order valence-corrected chi connectivity index (χ2v) is 8.80. The molecule has 1 amide bonds. The van der Waals surface area contributed by atoms with Crippen LogP contribution in [0.4, 0.5) is 17.3 Å². The second kappa shape index (κ2) is 6.43. The van der Waals surface area contributed by atoms with Crippen LogP contribution in [0.3, 0.4) is 0 Å². The van der Waals surface area contributed by atoms with E-state index >= 15 is 0 Å². The summed E-state index contributed by atoms with van der Waals surface area (Å²) < 4.78 is 1.61. The van der Waals surface area contributed by atoms with Gasteiger partial charge in [-0.15, -0.1) is 0 Å². The van der Waals surface area contributed by atoms with E-state index in [-0.39, 0.29) is 39.4 Å². The van der Waals surface area contributed by atoms with Gasteiger partial charge in [0.2, 0.25) is 0 Å². The summed E-state index contributed by atoms with van der Waals surface area (Å²) in [4.78, 5) is 36.5. The van der Waals surface area contributed by atoms with Gasteiger partial charge in [0.25, 0.3) is 11.5 Å². The number of amides is 1. The number of fused-ring (bicyclic) bond motifs is 2. The highest BCUT2D eigenvalue weighted by Crippen LogP contribution is 2.40. The molecule has 9 nitrogen and oxygen atoms in total. The number of aromatic nitrogens is 3. The quantitative estimate of drug-likeness (QED) is 0.682. The third kappa shape index (κ3) is 2.96. The van der Waals surface area contributed by atoms with Crippen molar-refractivity contribution in [1.29, 1.82) is 0 Å². The standard InChI is InChI=1S/C19H24ClN7O2/c1-10-7-11(24-15-12(20)14(21)22-9-23-15)17(29)27-13(10)16(28)25-19(27)5-6-26(4)18(2,3)8-19/h7,9H,5-6,8H2,1-4H3,(H,25,28)(H3,21,22,23,24). The van der Waals surface area contributed by atoms with Crippen molar-refractivity contribution in [2.75, 3.05) is 24.6 Å². The highest BCUT2D eigenvalue weighted by Gasteiger charge is 2.51. The molecular weight excluding hydrogens is 394 g/mol. The first-order chi connectivity index (χ1) is 13.6. The maximum atomic E-state index is 13.5. The van der Waals surface area contributed by atoms with Gasteiger partial charge in [-0.05, 0) is 39.4 Å². The number of pyridine rings is 1. The summed E-state index contributed by atoms with van der Waals surface area (Å²) in [5, 5.41) is 6.21. The molecular formula is C19H24ClN7O2. The summed E-state index contributed by atoms with van der Waals surface area (Å²) in [7, 11) is 2.05. The summed E-state index contributed by atoms with van der Waals surface area (Å²) in [6.45, 7) is 6.79. The van der Waals surface area contributed by atoms with Crippen LogP contribution < -0.4 is 21.9 Å². The summed E-state index contributed by atoms with van der Waals surface area (Å²) in [5.74, 6) is 0.134. The number of carbonyl (C=O) groups excluding carboxylic acids is 1. The minimum Gasteiger partial charge on any atom is -0.382 e. The van der Waals surface area contributed by atoms with Gasteiger partial charge in [-0.1, -0.05) is 11.6 Å². The molecule has 4 heterocycles. The van der Waals surface area contributed by atoms with Crippen LogP contribution in [0, 0.1) is 6.92 Å². The fourth-order valence-electron chi connectivity index (χ4n) is 4.34. The minimum atomic E-state index is -0.767.